The van der Waals surface area contributed by atoms with E-state index in [2.05, 4.69) is 20.2 Å². The second kappa shape index (κ2) is 12.9. The van der Waals surface area contributed by atoms with Crippen molar-refractivity contribution in [2.24, 2.45) is 0 Å². The standard InChI is InChI=1S/C29H36N6O3S/c1-2-38-25-8-4-3-7-22(25)10-14-31-27(36)24-21-39-28(32-24)23-11-15-34(16-12-23)29(37)35-19-17-33(18-20-35)26-9-5-6-13-30-26/h3-9,13,21,23H,2,10-12,14-20H2,1H3,(H,31,36). The molecular formula is C29H36N6O3S. The molecule has 2 aliphatic rings. The molecule has 2 aromatic heterocycles. The summed E-state index contributed by atoms with van der Waals surface area (Å²) in [6.07, 6.45) is 4.23. The molecule has 4 heterocycles. The number of anilines is 1. The Kier molecular flexibility index (Phi) is 8.93. The molecule has 2 aliphatic heterocycles. The van der Waals surface area contributed by atoms with E-state index >= 15 is 0 Å². The van der Waals surface area contributed by atoms with Gasteiger partial charge in [0.25, 0.3) is 5.91 Å². The summed E-state index contributed by atoms with van der Waals surface area (Å²) in [6.45, 7) is 7.52. The van der Waals surface area contributed by atoms with Crippen LogP contribution in [-0.2, 0) is 6.42 Å². The van der Waals surface area contributed by atoms with Crippen LogP contribution in [0.4, 0.5) is 10.6 Å². The van der Waals surface area contributed by atoms with Crippen LogP contribution in [0.2, 0.25) is 0 Å². The molecule has 1 N–H and O–H groups in total. The Hall–Kier alpha value is -3.66. The van der Waals surface area contributed by atoms with Crippen LogP contribution in [0.1, 0.15) is 46.7 Å². The van der Waals surface area contributed by atoms with E-state index in [1.54, 1.807) is 17.5 Å². The van der Waals surface area contributed by atoms with E-state index in [0.29, 0.717) is 51.4 Å². The molecule has 0 spiro atoms. The fraction of sp³-hybridized carbons (Fsp3) is 0.448. The van der Waals surface area contributed by atoms with Gasteiger partial charge in [-0.15, -0.1) is 11.3 Å². The van der Waals surface area contributed by atoms with Crippen molar-refractivity contribution < 1.29 is 14.3 Å². The normalized spacial score (nSPS) is 16.3. The van der Waals surface area contributed by atoms with Gasteiger partial charge in [-0.1, -0.05) is 24.3 Å². The molecule has 9 nitrogen and oxygen atoms in total. The SMILES string of the molecule is CCOc1ccccc1CCNC(=O)c1csc(C2CCN(C(=O)N3CCN(c4ccccn4)CC3)CC2)n1. The number of aromatic nitrogens is 2. The molecule has 2 saturated heterocycles. The number of para-hydroxylation sites is 1. The van der Waals surface area contributed by atoms with Crippen molar-refractivity contribution in [3.05, 3.63) is 70.3 Å². The quantitative estimate of drug-likeness (QED) is 0.457. The number of rotatable bonds is 8. The van der Waals surface area contributed by atoms with Crippen LogP contribution in [0.15, 0.2) is 54.0 Å². The number of carbonyl (C=O) groups excluding carboxylic acids is 2. The van der Waals surface area contributed by atoms with Crippen molar-refractivity contribution in [1.29, 1.82) is 0 Å². The number of piperazine rings is 1. The Bertz CT molecular complexity index is 1240. The van der Waals surface area contributed by atoms with Crippen LogP contribution in [0.5, 0.6) is 5.75 Å². The van der Waals surface area contributed by atoms with E-state index in [1.807, 2.05) is 64.6 Å². The topological polar surface area (TPSA) is 90.9 Å². The van der Waals surface area contributed by atoms with Crippen LogP contribution in [0.3, 0.4) is 0 Å². The number of benzene rings is 1. The fourth-order valence-corrected chi connectivity index (χ4v) is 6.14. The van der Waals surface area contributed by atoms with E-state index in [0.717, 1.165) is 48.1 Å². The molecule has 2 fully saturated rings. The number of ether oxygens (including phenoxy) is 1. The third-order valence-electron chi connectivity index (χ3n) is 7.35. The fourth-order valence-electron chi connectivity index (χ4n) is 5.17. The molecule has 39 heavy (non-hydrogen) atoms. The monoisotopic (exact) mass is 548 g/mol. The number of nitrogens with zero attached hydrogens (tertiary/aromatic N) is 5. The molecule has 0 radical (unpaired) electrons. The van der Waals surface area contributed by atoms with Gasteiger partial charge in [0.2, 0.25) is 0 Å². The number of nitrogens with one attached hydrogen (secondary N) is 1. The molecule has 3 amide bonds. The van der Waals surface area contributed by atoms with E-state index in [1.165, 1.54) is 0 Å². The lowest BCUT2D eigenvalue weighted by molar-refractivity contribution is 0.0949. The highest BCUT2D eigenvalue weighted by molar-refractivity contribution is 7.09. The first-order chi connectivity index (χ1) is 19.1. The van der Waals surface area contributed by atoms with Crippen LogP contribution in [0.25, 0.3) is 0 Å². The van der Waals surface area contributed by atoms with Gasteiger partial charge in [-0.2, -0.15) is 0 Å². The summed E-state index contributed by atoms with van der Waals surface area (Å²) in [6, 6.07) is 14.0. The summed E-state index contributed by atoms with van der Waals surface area (Å²) >= 11 is 1.54. The lowest BCUT2D eigenvalue weighted by Gasteiger charge is -2.39. The molecule has 0 saturated carbocycles. The minimum Gasteiger partial charge on any atom is -0.494 e. The maximum atomic E-state index is 13.1. The lowest BCUT2D eigenvalue weighted by atomic mass is 9.98. The smallest absolute Gasteiger partial charge is 0.320 e. The van der Waals surface area contributed by atoms with Crippen molar-refractivity contribution >= 4 is 29.1 Å². The highest BCUT2D eigenvalue weighted by Crippen LogP contribution is 2.31. The van der Waals surface area contributed by atoms with Crippen molar-refractivity contribution in [2.75, 3.05) is 57.3 Å². The highest BCUT2D eigenvalue weighted by Gasteiger charge is 2.30. The Morgan fingerprint density at radius 3 is 2.49 bits per heavy atom. The average molecular weight is 549 g/mol. The summed E-state index contributed by atoms with van der Waals surface area (Å²) in [5, 5.41) is 5.82. The molecule has 0 unspecified atom stereocenters. The molecule has 0 atom stereocenters. The molecular weight excluding hydrogens is 512 g/mol. The number of carbonyl (C=O) groups is 2. The zero-order valence-electron chi connectivity index (χ0n) is 22.4. The molecule has 1 aromatic carbocycles. The Morgan fingerprint density at radius 1 is 1.00 bits per heavy atom. The minimum atomic E-state index is -0.149. The van der Waals surface area contributed by atoms with Crippen molar-refractivity contribution in [1.82, 2.24) is 25.1 Å². The van der Waals surface area contributed by atoms with Gasteiger partial charge in [-0.25, -0.2) is 14.8 Å². The summed E-state index contributed by atoms with van der Waals surface area (Å²) in [5.41, 5.74) is 1.55. The summed E-state index contributed by atoms with van der Waals surface area (Å²) in [5.74, 6) is 1.96. The van der Waals surface area contributed by atoms with E-state index in [9.17, 15) is 9.59 Å². The molecule has 206 valence electrons. The van der Waals surface area contributed by atoms with Gasteiger partial charge in [0.15, 0.2) is 0 Å². The number of piperidine rings is 1. The van der Waals surface area contributed by atoms with Gasteiger partial charge >= 0.3 is 6.03 Å². The van der Waals surface area contributed by atoms with E-state index in [4.69, 9.17) is 4.74 Å². The molecule has 0 aliphatic carbocycles. The summed E-state index contributed by atoms with van der Waals surface area (Å²) < 4.78 is 5.67. The number of urea groups is 1. The van der Waals surface area contributed by atoms with Crippen LogP contribution < -0.4 is 15.0 Å². The summed E-state index contributed by atoms with van der Waals surface area (Å²) in [4.78, 5) is 41.1. The zero-order valence-corrected chi connectivity index (χ0v) is 23.2. The van der Waals surface area contributed by atoms with Crippen molar-refractivity contribution in [3.8, 4) is 5.75 Å². The van der Waals surface area contributed by atoms with Gasteiger partial charge in [0, 0.05) is 63.3 Å². The van der Waals surface area contributed by atoms with Crippen LogP contribution in [0, 0.1) is 0 Å². The Labute approximate surface area is 233 Å². The first-order valence-corrected chi connectivity index (χ1v) is 14.6. The third kappa shape index (κ3) is 6.68. The van der Waals surface area contributed by atoms with E-state index in [-0.39, 0.29) is 17.9 Å². The molecule has 5 rings (SSSR count). The van der Waals surface area contributed by atoms with Crippen LogP contribution in [-0.4, -0.2) is 84.1 Å². The van der Waals surface area contributed by atoms with Gasteiger partial charge in [0.1, 0.15) is 17.3 Å². The first-order valence-electron chi connectivity index (χ1n) is 13.8. The van der Waals surface area contributed by atoms with Crippen molar-refractivity contribution in [3.63, 3.8) is 0 Å². The maximum absolute atomic E-state index is 13.1. The van der Waals surface area contributed by atoms with Crippen LogP contribution >= 0.6 is 11.3 Å². The molecule has 10 heteroatoms. The molecule has 0 bridgehead atoms. The van der Waals surface area contributed by atoms with Gasteiger partial charge in [-0.3, -0.25) is 4.79 Å². The maximum Gasteiger partial charge on any atom is 0.320 e. The number of hydrogen-bond donors (Lipinski definition) is 1. The second-order valence-corrected chi connectivity index (χ2v) is 10.7. The highest BCUT2D eigenvalue weighted by atomic mass is 32.1. The predicted molar refractivity (Wildman–Crippen MR) is 153 cm³/mol. The Balaban J connectivity index is 1.06. The third-order valence-corrected chi connectivity index (χ3v) is 8.35. The number of likely N-dealkylation sites (tertiary alicyclic amines) is 1. The first kappa shape index (κ1) is 26.9. The summed E-state index contributed by atoms with van der Waals surface area (Å²) in [7, 11) is 0. The number of pyridine rings is 1. The number of amides is 3. The zero-order chi connectivity index (χ0) is 27.0. The average Bonchev–Trinajstić information content (AvgIpc) is 3.49. The second-order valence-electron chi connectivity index (χ2n) is 9.82. The van der Waals surface area contributed by atoms with Crippen molar-refractivity contribution in [2.45, 2.75) is 32.1 Å². The number of hydrogen-bond acceptors (Lipinski definition) is 7. The molecule has 3 aromatic rings. The van der Waals surface area contributed by atoms with E-state index < -0.39 is 0 Å². The number of thiazole rings is 1. The lowest BCUT2D eigenvalue weighted by Crippen LogP contribution is -2.54. The minimum absolute atomic E-state index is 0.124. The van der Waals surface area contributed by atoms with Gasteiger partial charge < -0.3 is 24.8 Å². The van der Waals surface area contributed by atoms with Gasteiger partial charge in [-0.05, 0) is 49.9 Å². The largest absolute Gasteiger partial charge is 0.494 e. The predicted octanol–water partition coefficient (Wildman–Crippen LogP) is 4.03. The van der Waals surface area contributed by atoms with Gasteiger partial charge in [0.05, 0.1) is 11.6 Å². The Morgan fingerprint density at radius 2 is 1.74 bits per heavy atom.